The van der Waals surface area contributed by atoms with Crippen LogP contribution in [0.3, 0.4) is 0 Å². The highest BCUT2D eigenvalue weighted by Gasteiger charge is 2.44. The third-order valence-electron chi connectivity index (χ3n) is 2.82. The maximum absolute atomic E-state index is 10.7. The molecule has 2 saturated heterocycles. The minimum Gasteiger partial charge on any atom is -0.479 e. The lowest BCUT2D eigenvalue weighted by atomic mass is 9.93. The smallest absolute Gasteiger partial charge is 0.332 e. The van der Waals surface area contributed by atoms with Crippen LogP contribution in [0.15, 0.2) is 0 Å². The zero-order valence-corrected chi connectivity index (χ0v) is 7.49. The summed E-state index contributed by atoms with van der Waals surface area (Å²) in [5.41, 5.74) is -0.276. The van der Waals surface area contributed by atoms with Gasteiger partial charge in [0, 0.05) is 6.61 Å². The van der Waals surface area contributed by atoms with Crippen LogP contribution in [-0.2, 0) is 14.3 Å². The van der Waals surface area contributed by atoms with Crippen LogP contribution in [0.2, 0.25) is 0 Å². The fraction of sp³-hybridized carbons (Fsp3) is 0.889. The molecule has 2 unspecified atom stereocenters. The fourth-order valence-corrected chi connectivity index (χ4v) is 2.10. The van der Waals surface area contributed by atoms with Crippen LogP contribution >= 0.6 is 0 Å². The second-order valence-electron chi connectivity index (χ2n) is 3.82. The molecule has 0 aromatic carbocycles. The van der Waals surface area contributed by atoms with Gasteiger partial charge in [-0.25, -0.2) is 4.79 Å². The third kappa shape index (κ3) is 1.69. The van der Waals surface area contributed by atoms with Crippen LogP contribution in [0.5, 0.6) is 0 Å². The van der Waals surface area contributed by atoms with Crippen LogP contribution in [0, 0.1) is 0 Å². The van der Waals surface area contributed by atoms with Crippen molar-refractivity contribution in [3.63, 3.8) is 0 Å². The van der Waals surface area contributed by atoms with E-state index in [0.29, 0.717) is 13.0 Å². The molecule has 0 bridgehead atoms. The second kappa shape index (κ2) is 3.27. The van der Waals surface area contributed by atoms with E-state index in [1.807, 2.05) is 0 Å². The minimum atomic E-state index is -0.845. The number of rotatable bonds is 1. The second-order valence-corrected chi connectivity index (χ2v) is 3.82. The largest absolute Gasteiger partial charge is 0.479 e. The summed E-state index contributed by atoms with van der Waals surface area (Å²) in [5, 5.41) is 8.76. The molecule has 0 radical (unpaired) electrons. The SMILES string of the molecule is O=C(O)C1CCC2(CCCOC2)O1. The zero-order chi connectivity index (χ0) is 9.31. The van der Waals surface area contributed by atoms with Crippen molar-refractivity contribution >= 4 is 5.97 Å². The van der Waals surface area contributed by atoms with E-state index in [9.17, 15) is 4.79 Å². The molecule has 4 nitrogen and oxygen atoms in total. The van der Waals surface area contributed by atoms with Gasteiger partial charge < -0.3 is 14.6 Å². The number of ether oxygens (including phenoxy) is 2. The highest BCUT2D eigenvalue weighted by Crippen LogP contribution is 2.36. The summed E-state index contributed by atoms with van der Waals surface area (Å²) in [4.78, 5) is 10.7. The summed E-state index contributed by atoms with van der Waals surface area (Å²) in [6.45, 7) is 1.35. The predicted octanol–water partition coefficient (Wildman–Crippen LogP) is 0.799. The van der Waals surface area contributed by atoms with Crippen molar-refractivity contribution < 1.29 is 19.4 Å². The number of carbonyl (C=O) groups is 1. The number of hydrogen-bond donors (Lipinski definition) is 1. The molecule has 2 aliphatic rings. The molecule has 2 rings (SSSR count). The van der Waals surface area contributed by atoms with Crippen LogP contribution in [0.1, 0.15) is 25.7 Å². The lowest BCUT2D eigenvalue weighted by molar-refractivity contribution is -0.164. The Bertz CT molecular complexity index is 208. The summed E-state index contributed by atoms with van der Waals surface area (Å²) in [5.74, 6) is -0.845. The Hall–Kier alpha value is -0.610. The molecule has 4 heteroatoms. The summed E-state index contributed by atoms with van der Waals surface area (Å²) >= 11 is 0. The van der Waals surface area contributed by atoms with Crippen molar-refractivity contribution in [1.29, 1.82) is 0 Å². The van der Waals surface area contributed by atoms with Gasteiger partial charge >= 0.3 is 5.97 Å². The monoisotopic (exact) mass is 186 g/mol. The Kier molecular flexibility index (Phi) is 2.26. The Labute approximate surface area is 76.8 Å². The Morgan fingerprint density at radius 1 is 1.46 bits per heavy atom. The molecule has 1 N–H and O–H groups in total. The Morgan fingerprint density at radius 2 is 2.31 bits per heavy atom. The van der Waals surface area contributed by atoms with Gasteiger partial charge in [-0.2, -0.15) is 0 Å². The molecule has 2 aliphatic heterocycles. The summed E-state index contributed by atoms with van der Waals surface area (Å²) in [7, 11) is 0. The molecule has 1 spiro atoms. The summed E-state index contributed by atoms with van der Waals surface area (Å²) < 4.78 is 10.8. The quantitative estimate of drug-likeness (QED) is 0.658. The maximum atomic E-state index is 10.7. The Balaban J connectivity index is 1.98. The van der Waals surface area contributed by atoms with Crippen molar-refractivity contribution in [2.24, 2.45) is 0 Å². The van der Waals surface area contributed by atoms with Gasteiger partial charge in [0.2, 0.25) is 0 Å². The normalized spacial score (nSPS) is 39.5. The van der Waals surface area contributed by atoms with Crippen molar-refractivity contribution in [3.05, 3.63) is 0 Å². The number of carboxylic acids is 1. The van der Waals surface area contributed by atoms with E-state index < -0.39 is 12.1 Å². The number of aliphatic carboxylic acids is 1. The van der Waals surface area contributed by atoms with Crippen LogP contribution < -0.4 is 0 Å². The minimum absolute atomic E-state index is 0.276. The van der Waals surface area contributed by atoms with E-state index in [-0.39, 0.29) is 5.60 Å². The lowest BCUT2D eigenvalue weighted by Crippen LogP contribution is -2.39. The van der Waals surface area contributed by atoms with E-state index in [0.717, 1.165) is 25.9 Å². The molecule has 2 atom stereocenters. The predicted molar refractivity (Wildman–Crippen MR) is 44.5 cm³/mol. The third-order valence-corrected chi connectivity index (χ3v) is 2.82. The molecule has 0 aromatic rings. The molecular weight excluding hydrogens is 172 g/mol. The molecule has 74 valence electrons. The van der Waals surface area contributed by atoms with E-state index >= 15 is 0 Å². The standard InChI is InChI=1S/C9H14O4/c10-8(11)7-2-4-9(13-7)3-1-5-12-6-9/h7H,1-6H2,(H,10,11). The van der Waals surface area contributed by atoms with Gasteiger partial charge in [0.1, 0.15) is 0 Å². The van der Waals surface area contributed by atoms with E-state index in [1.165, 1.54) is 0 Å². The number of hydrogen-bond acceptors (Lipinski definition) is 3. The molecule has 0 aliphatic carbocycles. The average Bonchev–Trinajstić information content (AvgIpc) is 2.51. The Morgan fingerprint density at radius 3 is 2.85 bits per heavy atom. The van der Waals surface area contributed by atoms with Gasteiger partial charge in [0.15, 0.2) is 6.10 Å². The molecule has 0 amide bonds. The first-order valence-electron chi connectivity index (χ1n) is 4.70. The lowest BCUT2D eigenvalue weighted by Gasteiger charge is -2.32. The fourth-order valence-electron chi connectivity index (χ4n) is 2.10. The first-order valence-corrected chi connectivity index (χ1v) is 4.70. The van der Waals surface area contributed by atoms with Gasteiger partial charge in [-0.15, -0.1) is 0 Å². The first kappa shape index (κ1) is 8.97. The molecule has 0 saturated carbocycles. The molecule has 0 aromatic heterocycles. The average molecular weight is 186 g/mol. The highest BCUT2D eigenvalue weighted by atomic mass is 16.6. The van der Waals surface area contributed by atoms with Crippen molar-refractivity contribution in [3.8, 4) is 0 Å². The molecular formula is C9H14O4. The van der Waals surface area contributed by atoms with E-state index in [2.05, 4.69) is 0 Å². The van der Waals surface area contributed by atoms with Crippen LogP contribution in [0.4, 0.5) is 0 Å². The molecule has 2 heterocycles. The van der Waals surface area contributed by atoms with Gasteiger partial charge in [-0.3, -0.25) is 0 Å². The van der Waals surface area contributed by atoms with Gasteiger partial charge in [0.25, 0.3) is 0 Å². The van der Waals surface area contributed by atoms with E-state index in [1.54, 1.807) is 0 Å². The topological polar surface area (TPSA) is 55.8 Å². The van der Waals surface area contributed by atoms with Gasteiger partial charge in [0.05, 0.1) is 12.2 Å². The molecule has 2 fully saturated rings. The highest BCUT2D eigenvalue weighted by molar-refractivity contribution is 5.72. The van der Waals surface area contributed by atoms with E-state index in [4.69, 9.17) is 14.6 Å². The van der Waals surface area contributed by atoms with Crippen LogP contribution in [-0.4, -0.2) is 36.0 Å². The van der Waals surface area contributed by atoms with Crippen molar-refractivity contribution in [2.45, 2.75) is 37.4 Å². The summed E-state index contributed by atoms with van der Waals surface area (Å²) in [6.07, 6.45) is 2.76. The maximum Gasteiger partial charge on any atom is 0.332 e. The van der Waals surface area contributed by atoms with Crippen LogP contribution in [0.25, 0.3) is 0 Å². The van der Waals surface area contributed by atoms with Gasteiger partial charge in [-0.05, 0) is 25.7 Å². The van der Waals surface area contributed by atoms with Crippen molar-refractivity contribution in [2.75, 3.05) is 13.2 Å². The van der Waals surface area contributed by atoms with Crippen molar-refractivity contribution in [1.82, 2.24) is 0 Å². The first-order chi connectivity index (χ1) is 6.22. The zero-order valence-electron chi connectivity index (χ0n) is 7.49. The number of carboxylic acid groups (broad SMARTS) is 1. The van der Waals surface area contributed by atoms with Gasteiger partial charge in [-0.1, -0.05) is 0 Å². The summed E-state index contributed by atoms with van der Waals surface area (Å²) in [6, 6.07) is 0. The molecule has 13 heavy (non-hydrogen) atoms.